The molecule has 0 saturated heterocycles. The highest BCUT2D eigenvalue weighted by molar-refractivity contribution is 7.92. The highest BCUT2D eigenvalue weighted by atomic mass is 32.2. The van der Waals surface area contributed by atoms with E-state index in [9.17, 15) is 13.2 Å². The molecule has 0 spiro atoms. The molecule has 0 fully saturated rings. The van der Waals surface area contributed by atoms with Crippen LogP contribution in [0, 0.1) is 18.3 Å². The number of nitriles is 1. The molecule has 0 radical (unpaired) electrons. The van der Waals surface area contributed by atoms with Crippen LogP contribution < -0.4 is 14.5 Å². The minimum Gasteiger partial charge on any atom is -0.479 e. The molecule has 168 valence electrons. The highest BCUT2D eigenvalue weighted by Gasteiger charge is 2.27. The SMILES string of the molecule is Cc1cccc(N(CC(=O)N/N=C\c2ccc(OCC#N)cc2)S(=O)(=O)c2ccccc2)c1. The van der Waals surface area contributed by atoms with Gasteiger partial charge in [-0.25, -0.2) is 13.8 Å². The largest absolute Gasteiger partial charge is 0.479 e. The number of rotatable bonds is 9. The number of anilines is 1. The molecule has 0 aliphatic heterocycles. The Morgan fingerprint density at radius 2 is 1.82 bits per heavy atom. The zero-order valence-corrected chi connectivity index (χ0v) is 18.7. The number of carbonyl (C=O) groups excluding carboxylic acids is 1. The van der Waals surface area contributed by atoms with Crippen molar-refractivity contribution in [2.45, 2.75) is 11.8 Å². The van der Waals surface area contributed by atoms with Gasteiger partial charge in [-0.05, 0) is 66.6 Å². The quantitative estimate of drug-likeness (QED) is 0.388. The van der Waals surface area contributed by atoms with Crippen LogP contribution in [0.1, 0.15) is 11.1 Å². The van der Waals surface area contributed by atoms with Crippen molar-refractivity contribution in [2.75, 3.05) is 17.5 Å². The standard InChI is InChI=1S/C24H22N4O4S/c1-19-6-5-7-21(16-19)28(33(30,31)23-8-3-2-4-9-23)18-24(29)27-26-17-20-10-12-22(13-11-20)32-15-14-25/h2-13,16-17H,15,18H2,1H3,(H,27,29)/b26-17-. The van der Waals surface area contributed by atoms with Crippen molar-refractivity contribution in [1.82, 2.24) is 5.43 Å². The summed E-state index contributed by atoms with van der Waals surface area (Å²) in [6.07, 6.45) is 1.43. The number of ether oxygens (including phenoxy) is 1. The molecule has 9 heteroatoms. The van der Waals surface area contributed by atoms with Gasteiger partial charge in [0.25, 0.3) is 15.9 Å². The smallest absolute Gasteiger partial charge is 0.264 e. The third kappa shape index (κ3) is 6.41. The molecule has 0 heterocycles. The molecule has 8 nitrogen and oxygen atoms in total. The Morgan fingerprint density at radius 3 is 2.48 bits per heavy atom. The summed E-state index contributed by atoms with van der Waals surface area (Å²) < 4.78 is 32.7. The fourth-order valence-electron chi connectivity index (χ4n) is 2.93. The van der Waals surface area contributed by atoms with Gasteiger partial charge < -0.3 is 4.74 Å². The van der Waals surface area contributed by atoms with Gasteiger partial charge in [0, 0.05) is 0 Å². The van der Waals surface area contributed by atoms with Gasteiger partial charge in [0.05, 0.1) is 16.8 Å². The minimum atomic E-state index is -3.97. The lowest BCUT2D eigenvalue weighted by atomic mass is 10.2. The van der Waals surface area contributed by atoms with Crippen LogP contribution in [0.25, 0.3) is 0 Å². The van der Waals surface area contributed by atoms with Crippen LogP contribution in [0.4, 0.5) is 5.69 Å². The summed E-state index contributed by atoms with van der Waals surface area (Å²) >= 11 is 0. The number of benzene rings is 3. The van der Waals surface area contributed by atoms with Gasteiger partial charge in [-0.1, -0.05) is 30.3 Å². The second kappa shape index (κ2) is 10.9. The molecule has 0 bridgehead atoms. The van der Waals surface area contributed by atoms with E-state index in [0.29, 0.717) is 17.0 Å². The number of aryl methyl sites for hydroxylation is 1. The number of carbonyl (C=O) groups is 1. The number of nitrogens with one attached hydrogen (secondary N) is 1. The first-order chi connectivity index (χ1) is 15.9. The van der Waals surface area contributed by atoms with E-state index in [1.807, 2.05) is 19.1 Å². The lowest BCUT2D eigenvalue weighted by Gasteiger charge is -2.24. The highest BCUT2D eigenvalue weighted by Crippen LogP contribution is 2.24. The fourth-order valence-corrected chi connectivity index (χ4v) is 4.36. The third-order valence-corrected chi connectivity index (χ3v) is 6.28. The van der Waals surface area contributed by atoms with Gasteiger partial charge in [-0.2, -0.15) is 10.4 Å². The van der Waals surface area contributed by atoms with Crippen LogP contribution in [0.2, 0.25) is 0 Å². The maximum Gasteiger partial charge on any atom is 0.264 e. The van der Waals surface area contributed by atoms with E-state index < -0.39 is 22.5 Å². The van der Waals surface area contributed by atoms with Gasteiger partial charge in [-0.3, -0.25) is 9.10 Å². The number of sulfonamides is 1. The zero-order chi connectivity index (χ0) is 23.7. The molecule has 3 rings (SSSR count). The summed E-state index contributed by atoms with van der Waals surface area (Å²) in [5.74, 6) is -0.0566. The average molecular weight is 463 g/mol. The van der Waals surface area contributed by atoms with Crippen molar-refractivity contribution in [1.29, 1.82) is 5.26 Å². The summed E-state index contributed by atoms with van der Waals surface area (Å²) in [6.45, 7) is 1.35. The second-order valence-electron chi connectivity index (χ2n) is 6.97. The molecule has 0 atom stereocenters. The monoisotopic (exact) mass is 462 g/mol. The molecule has 3 aromatic rings. The minimum absolute atomic E-state index is 0.0488. The molecule has 0 unspecified atom stereocenters. The maximum absolute atomic E-state index is 13.3. The molecule has 3 aromatic carbocycles. The summed E-state index contributed by atoms with van der Waals surface area (Å²) in [4.78, 5) is 12.7. The van der Waals surface area contributed by atoms with Crippen LogP contribution in [0.15, 0.2) is 88.9 Å². The van der Waals surface area contributed by atoms with E-state index in [1.165, 1.54) is 18.3 Å². The first kappa shape index (κ1) is 23.5. The molecule has 1 N–H and O–H groups in total. The number of amides is 1. The van der Waals surface area contributed by atoms with Crippen LogP contribution in [-0.2, 0) is 14.8 Å². The Balaban J connectivity index is 1.74. The predicted octanol–water partition coefficient (Wildman–Crippen LogP) is 3.24. The van der Waals surface area contributed by atoms with Gasteiger partial charge in [0.1, 0.15) is 18.4 Å². The van der Waals surface area contributed by atoms with Crippen LogP contribution in [0.5, 0.6) is 5.75 Å². The van der Waals surface area contributed by atoms with Crippen molar-refractivity contribution in [3.05, 3.63) is 90.0 Å². The second-order valence-corrected chi connectivity index (χ2v) is 8.84. The van der Waals surface area contributed by atoms with Crippen LogP contribution >= 0.6 is 0 Å². The maximum atomic E-state index is 13.3. The van der Waals surface area contributed by atoms with Crippen LogP contribution in [0.3, 0.4) is 0 Å². The van der Waals surface area contributed by atoms with Crippen molar-refractivity contribution in [3.63, 3.8) is 0 Å². The summed E-state index contributed by atoms with van der Waals surface area (Å²) in [6, 6.07) is 23.5. The van der Waals surface area contributed by atoms with Crippen molar-refractivity contribution in [3.8, 4) is 11.8 Å². The van der Waals surface area contributed by atoms with Crippen LogP contribution in [-0.4, -0.2) is 33.7 Å². The van der Waals surface area contributed by atoms with Crippen molar-refractivity contribution < 1.29 is 17.9 Å². The normalized spacial score (nSPS) is 11.0. The molecular formula is C24H22N4O4S. The number of hydrogen-bond acceptors (Lipinski definition) is 6. The molecule has 0 aromatic heterocycles. The Morgan fingerprint density at radius 1 is 1.09 bits per heavy atom. The molecule has 0 saturated carbocycles. The summed E-state index contributed by atoms with van der Waals surface area (Å²) in [7, 11) is -3.97. The molecule has 33 heavy (non-hydrogen) atoms. The predicted molar refractivity (Wildman–Crippen MR) is 125 cm³/mol. The zero-order valence-electron chi connectivity index (χ0n) is 17.9. The first-order valence-corrected chi connectivity index (χ1v) is 11.4. The van der Waals surface area contributed by atoms with E-state index in [2.05, 4.69) is 10.5 Å². The Bertz CT molecular complexity index is 1270. The fraction of sp³-hybridized carbons (Fsp3) is 0.125. The molecule has 0 aliphatic rings. The van der Waals surface area contributed by atoms with Gasteiger partial charge in [0.15, 0.2) is 6.61 Å². The van der Waals surface area contributed by atoms with E-state index in [0.717, 1.165) is 9.87 Å². The molecular weight excluding hydrogens is 440 g/mol. The third-order valence-electron chi connectivity index (χ3n) is 4.49. The molecule has 0 aliphatic carbocycles. The Hall–Kier alpha value is -4.16. The lowest BCUT2D eigenvalue weighted by Crippen LogP contribution is -2.39. The van der Waals surface area contributed by atoms with Crippen molar-refractivity contribution >= 4 is 27.8 Å². The summed E-state index contributed by atoms with van der Waals surface area (Å²) in [5.41, 5.74) is 4.30. The van der Waals surface area contributed by atoms with E-state index in [1.54, 1.807) is 60.7 Å². The van der Waals surface area contributed by atoms with E-state index in [-0.39, 0.29) is 11.5 Å². The first-order valence-electron chi connectivity index (χ1n) is 9.96. The Labute approximate surface area is 192 Å². The number of hydrazone groups is 1. The topological polar surface area (TPSA) is 112 Å². The molecule has 1 amide bonds. The lowest BCUT2D eigenvalue weighted by molar-refractivity contribution is -0.119. The van der Waals surface area contributed by atoms with Crippen molar-refractivity contribution in [2.24, 2.45) is 5.10 Å². The number of nitrogens with zero attached hydrogens (tertiary/aromatic N) is 3. The number of hydrogen-bond donors (Lipinski definition) is 1. The van der Waals surface area contributed by atoms with Gasteiger partial charge >= 0.3 is 0 Å². The average Bonchev–Trinajstić information content (AvgIpc) is 2.82. The van der Waals surface area contributed by atoms with Gasteiger partial charge in [0.2, 0.25) is 0 Å². The van der Waals surface area contributed by atoms with Gasteiger partial charge in [-0.15, -0.1) is 0 Å². The Kier molecular flexibility index (Phi) is 7.78. The van der Waals surface area contributed by atoms with E-state index in [4.69, 9.17) is 10.00 Å². The summed E-state index contributed by atoms with van der Waals surface area (Å²) in [5, 5.41) is 12.4. The van der Waals surface area contributed by atoms with E-state index >= 15 is 0 Å².